The van der Waals surface area contributed by atoms with E-state index in [0.717, 1.165) is 15.8 Å². The number of nitrogens with one attached hydrogen (secondary N) is 1. The molecule has 0 aliphatic rings. The predicted octanol–water partition coefficient (Wildman–Crippen LogP) is 1.53. The number of fused-ring (bicyclic) bond motifs is 3. The zero-order valence-corrected chi connectivity index (χ0v) is 15.3. The number of urea groups is 1. The quantitative estimate of drug-likeness (QED) is 0.535. The van der Waals surface area contributed by atoms with E-state index in [1.165, 1.54) is 10.7 Å². The molecule has 3 N–H and O–H groups in total. The maximum Gasteiger partial charge on any atom is 0.331 e. The topological polar surface area (TPSA) is 129 Å². The van der Waals surface area contributed by atoms with Gasteiger partial charge in [-0.05, 0) is 23.8 Å². The molecule has 0 saturated heterocycles. The van der Waals surface area contributed by atoms with Crippen molar-refractivity contribution in [3.63, 3.8) is 0 Å². The molecular weight excluding hydrogens is 386 g/mol. The second-order valence-electron chi connectivity index (χ2n) is 5.90. The number of methoxy groups -OCH3 is 1. The van der Waals surface area contributed by atoms with E-state index < -0.39 is 11.6 Å². The van der Waals surface area contributed by atoms with Gasteiger partial charge in [-0.3, -0.25) is 4.79 Å². The molecule has 4 aromatic rings. The zero-order valence-electron chi connectivity index (χ0n) is 14.6. The normalized spacial score (nSPS) is 11.2. The molecule has 0 atom stereocenters. The molecular formula is C17H14ClN7O3. The lowest BCUT2D eigenvalue weighted by Crippen LogP contribution is -2.36. The van der Waals surface area contributed by atoms with E-state index in [2.05, 4.69) is 20.7 Å². The molecule has 11 heteroatoms. The van der Waals surface area contributed by atoms with E-state index >= 15 is 0 Å². The smallest absolute Gasteiger partial charge is 0.331 e. The fourth-order valence-corrected chi connectivity index (χ4v) is 3.07. The number of aromatic nitrogens is 5. The minimum Gasteiger partial charge on any atom is -0.378 e. The van der Waals surface area contributed by atoms with Crippen LogP contribution in [-0.4, -0.2) is 37.6 Å². The average molecular weight is 400 g/mol. The van der Waals surface area contributed by atoms with Crippen LogP contribution in [-0.2, 0) is 11.3 Å². The lowest BCUT2D eigenvalue weighted by Gasteiger charge is -2.06. The average Bonchev–Trinajstić information content (AvgIpc) is 3.03. The highest BCUT2D eigenvalue weighted by Gasteiger charge is 2.19. The molecule has 10 nitrogen and oxygen atoms in total. The summed E-state index contributed by atoms with van der Waals surface area (Å²) < 4.78 is 7.72. The van der Waals surface area contributed by atoms with Crippen LogP contribution in [0.5, 0.6) is 0 Å². The third-order valence-electron chi connectivity index (χ3n) is 4.10. The van der Waals surface area contributed by atoms with Gasteiger partial charge in [0.1, 0.15) is 5.52 Å². The Labute approximate surface area is 162 Å². The monoisotopic (exact) mass is 399 g/mol. The fourth-order valence-electron chi connectivity index (χ4n) is 2.95. The van der Waals surface area contributed by atoms with Gasteiger partial charge >= 0.3 is 6.03 Å². The summed E-state index contributed by atoms with van der Waals surface area (Å²) in [5, 5.41) is 13.4. The number of amides is 2. The maximum atomic E-state index is 12.5. The molecule has 2 amide bonds. The summed E-state index contributed by atoms with van der Waals surface area (Å²) in [6.07, 6.45) is 1.37. The Morgan fingerprint density at radius 2 is 2.00 bits per heavy atom. The Balaban J connectivity index is 2.00. The van der Waals surface area contributed by atoms with Crippen molar-refractivity contribution >= 4 is 34.3 Å². The van der Waals surface area contributed by atoms with Gasteiger partial charge in [0.25, 0.3) is 5.56 Å². The first-order valence-electron chi connectivity index (χ1n) is 8.10. The summed E-state index contributed by atoms with van der Waals surface area (Å²) in [4.78, 5) is 23.6. The summed E-state index contributed by atoms with van der Waals surface area (Å²) >= 11 is 5.99. The second kappa shape index (κ2) is 6.91. The molecule has 0 aliphatic heterocycles. The highest BCUT2D eigenvalue weighted by atomic mass is 35.5. The number of carbonyl (C=O) groups excluding carboxylic acids is 1. The maximum absolute atomic E-state index is 12.5. The number of primary amides is 1. The second-order valence-corrected chi connectivity index (χ2v) is 6.33. The number of ether oxygens (including phenoxy) is 1. The molecule has 0 radical (unpaired) electrons. The van der Waals surface area contributed by atoms with Crippen LogP contribution in [0.25, 0.3) is 27.8 Å². The van der Waals surface area contributed by atoms with Crippen molar-refractivity contribution in [3.05, 3.63) is 57.6 Å². The van der Waals surface area contributed by atoms with Crippen LogP contribution < -0.4 is 16.7 Å². The summed E-state index contributed by atoms with van der Waals surface area (Å²) in [6, 6.07) is 7.93. The molecule has 1 aromatic carbocycles. The van der Waals surface area contributed by atoms with Gasteiger partial charge in [-0.1, -0.05) is 23.7 Å². The highest BCUT2D eigenvalue weighted by molar-refractivity contribution is 6.30. The van der Waals surface area contributed by atoms with Crippen LogP contribution in [0.4, 0.5) is 4.79 Å². The Kier molecular flexibility index (Phi) is 4.41. The Bertz CT molecular complexity index is 1260. The molecule has 3 heterocycles. The number of hydrogen-bond acceptors (Lipinski definition) is 6. The molecule has 142 valence electrons. The molecule has 0 fully saturated rings. The number of nitrogens with two attached hydrogens (primary N) is 1. The van der Waals surface area contributed by atoms with Gasteiger partial charge in [-0.25, -0.2) is 19.4 Å². The lowest BCUT2D eigenvalue weighted by molar-refractivity contribution is 0.181. The van der Waals surface area contributed by atoms with Gasteiger partial charge in [-0.2, -0.15) is 5.10 Å². The van der Waals surface area contributed by atoms with Crippen molar-refractivity contribution in [1.29, 1.82) is 0 Å². The first-order chi connectivity index (χ1) is 13.5. The largest absolute Gasteiger partial charge is 0.378 e. The first kappa shape index (κ1) is 17.9. The molecule has 0 bridgehead atoms. The van der Waals surface area contributed by atoms with E-state index in [9.17, 15) is 9.59 Å². The fraction of sp³-hybridized carbons (Fsp3) is 0.118. The Hall–Kier alpha value is -3.50. The zero-order chi connectivity index (χ0) is 19.8. The molecule has 0 saturated carbocycles. The number of hydrogen-bond donors (Lipinski definition) is 2. The predicted molar refractivity (Wildman–Crippen MR) is 103 cm³/mol. The number of pyridine rings is 1. The Morgan fingerprint density at radius 3 is 2.68 bits per heavy atom. The standard InChI is InChI=1S/C17H14ClN7O3/c1-28-8-11-13(9-2-4-10(18)5-3-9)15-21-20-14-12(25(15)22-11)6-7-24(16(14)26)23-17(19)27/h2-7H,8H2,1H3,(H3,19,23,27). The van der Waals surface area contributed by atoms with Gasteiger partial charge in [-0.15, -0.1) is 10.2 Å². The molecule has 28 heavy (non-hydrogen) atoms. The third kappa shape index (κ3) is 2.94. The number of rotatable bonds is 4. The van der Waals surface area contributed by atoms with E-state index in [0.29, 0.717) is 21.9 Å². The van der Waals surface area contributed by atoms with Crippen LogP contribution in [0.15, 0.2) is 41.3 Å². The van der Waals surface area contributed by atoms with Gasteiger partial charge in [0.05, 0.1) is 17.9 Å². The highest BCUT2D eigenvalue weighted by Crippen LogP contribution is 2.29. The molecule has 0 spiro atoms. The lowest BCUT2D eigenvalue weighted by atomic mass is 10.1. The van der Waals surface area contributed by atoms with E-state index in [1.807, 2.05) is 12.1 Å². The van der Waals surface area contributed by atoms with Crippen molar-refractivity contribution in [2.75, 3.05) is 12.5 Å². The molecule has 3 aromatic heterocycles. The molecule has 0 unspecified atom stereocenters. The van der Waals surface area contributed by atoms with E-state index in [-0.39, 0.29) is 12.1 Å². The van der Waals surface area contributed by atoms with Crippen LogP contribution in [0.2, 0.25) is 5.02 Å². The summed E-state index contributed by atoms with van der Waals surface area (Å²) in [7, 11) is 1.56. The van der Waals surface area contributed by atoms with Gasteiger partial charge in [0.2, 0.25) is 0 Å². The van der Waals surface area contributed by atoms with Crippen molar-refractivity contribution in [1.82, 2.24) is 24.5 Å². The third-order valence-corrected chi connectivity index (χ3v) is 4.35. The molecule has 4 rings (SSSR count). The van der Waals surface area contributed by atoms with Crippen LogP contribution in [0.1, 0.15) is 5.69 Å². The van der Waals surface area contributed by atoms with Crippen LogP contribution in [0.3, 0.4) is 0 Å². The van der Waals surface area contributed by atoms with Gasteiger partial charge < -0.3 is 10.5 Å². The summed E-state index contributed by atoms with van der Waals surface area (Å²) in [6.45, 7) is 0.239. The van der Waals surface area contributed by atoms with E-state index in [4.69, 9.17) is 22.1 Å². The number of halogens is 1. The SMILES string of the molecule is COCc1nn2c(nnc3c(=O)n(NC(N)=O)ccc32)c1-c1ccc(Cl)cc1. The van der Waals surface area contributed by atoms with Gasteiger partial charge in [0.15, 0.2) is 11.2 Å². The first-order valence-corrected chi connectivity index (χ1v) is 8.48. The number of nitrogens with zero attached hydrogens (tertiary/aromatic N) is 5. The van der Waals surface area contributed by atoms with Crippen LogP contribution >= 0.6 is 11.6 Å². The minimum absolute atomic E-state index is 0.0258. The minimum atomic E-state index is -0.873. The van der Waals surface area contributed by atoms with E-state index in [1.54, 1.807) is 25.3 Å². The van der Waals surface area contributed by atoms with Crippen LogP contribution in [0, 0.1) is 0 Å². The summed E-state index contributed by atoms with van der Waals surface area (Å²) in [5.74, 6) is 0. The Morgan fingerprint density at radius 1 is 1.25 bits per heavy atom. The van der Waals surface area contributed by atoms with Gasteiger partial charge in [0, 0.05) is 18.3 Å². The van der Waals surface area contributed by atoms with Crippen molar-refractivity contribution in [3.8, 4) is 11.1 Å². The molecule has 0 aliphatic carbocycles. The van der Waals surface area contributed by atoms with Crippen molar-refractivity contribution in [2.24, 2.45) is 5.73 Å². The number of carbonyl (C=O) groups is 1. The van der Waals surface area contributed by atoms with Crippen molar-refractivity contribution < 1.29 is 9.53 Å². The number of benzene rings is 1. The van der Waals surface area contributed by atoms with Crippen molar-refractivity contribution in [2.45, 2.75) is 6.61 Å². The summed E-state index contributed by atoms with van der Waals surface area (Å²) in [5.41, 5.74) is 9.79.